The number of anilines is 1. The minimum atomic E-state index is -4.36. The molecule has 0 aliphatic rings. The Morgan fingerprint density at radius 3 is 2.50 bits per heavy atom. The van der Waals surface area contributed by atoms with Crippen molar-refractivity contribution in [1.82, 2.24) is 10.3 Å². The molecule has 0 spiro atoms. The number of aromatic nitrogens is 1. The lowest BCUT2D eigenvalue weighted by Gasteiger charge is -2.17. The minimum Gasteiger partial charge on any atom is -0.432 e. The number of esters is 1. The van der Waals surface area contributed by atoms with E-state index in [4.69, 9.17) is 9.29 Å². The lowest BCUT2D eigenvalue weighted by Crippen LogP contribution is -2.31. The van der Waals surface area contributed by atoms with Crippen LogP contribution < -0.4 is 10.0 Å². The van der Waals surface area contributed by atoms with Crippen LogP contribution in [-0.4, -0.2) is 29.8 Å². The van der Waals surface area contributed by atoms with Gasteiger partial charge in [-0.15, -0.1) is 11.3 Å². The number of aryl methyl sites for hydroxylation is 1. The molecule has 3 N–H and O–H groups in total. The van der Waals surface area contributed by atoms with E-state index in [2.05, 4.69) is 16.9 Å². The molecule has 0 saturated carbocycles. The quantitative estimate of drug-likeness (QED) is 0.218. The molecule has 0 unspecified atom stereocenters. The topological polar surface area (TPSA) is 135 Å². The van der Waals surface area contributed by atoms with Gasteiger partial charge in [0.25, 0.3) is 0 Å². The van der Waals surface area contributed by atoms with Crippen LogP contribution in [0, 0.1) is 0 Å². The first-order valence-electron chi connectivity index (χ1n) is 8.99. The SMILES string of the molecule is C=C(C)OC(=O)CC(=O)N[C@@H](Cc1ccc(NS(=O)(=O)O)cc1)c1nc(CC)cs1. The lowest BCUT2D eigenvalue weighted by atomic mass is 10.1. The van der Waals surface area contributed by atoms with Gasteiger partial charge in [-0.3, -0.25) is 18.9 Å². The van der Waals surface area contributed by atoms with Crippen LogP contribution in [-0.2, 0) is 37.5 Å². The Bertz CT molecular complexity index is 1020. The molecule has 2 aromatic rings. The standard InChI is InChI=1S/C19H23N3O6S2/c1-4-14-11-29-19(20-14)16(21-17(23)10-18(24)28-12(2)3)9-13-5-7-15(8-6-13)22-30(25,26)27/h5-8,11,16,22H,2,4,9-10H2,1,3H3,(H,21,23)(H,25,26,27)/t16-/m0/s1. The maximum atomic E-state index is 12.3. The molecule has 9 nitrogen and oxygen atoms in total. The highest BCUT2D eigenvalue weighted by molar-refractivity contribution is 7.87. The van der Waals surface area contributed by atoms with Crippen molar-refractivity contribution in [2.75, 3.05) is 4.72 Å². The number of hydrogen-bond donors (Lipinski definition) is 3. The third kappa shape index (κ3) is 7.93. The molecule has 0 aliphatic carbocycles. The van der Waals surface area contributed by atoms with Gasteiger partial charge < -0.3 is 10.1 Å². The van der Waals surface area contributed by atoms with E-state index in [-0.39, 0.29) is 11.4 Å². The molecular formula is C19H23N3O6S2. The van der Waals surface area contributed by atoms with Crippen molar-refractivity contribution >= 4 is 39.2 Å². The largest absolute Gasteiger partial charge is 0.432 e. The number of rotatable bonds is 10. The van der Waals surface area contributed by atoms with Gasteiger partial charge in [-0.2, -0.15) is 8.42 Å². The van der Waals surface area contributed by atoms with E-state index < -0.39 is 34.6 Å². The molecule has 30 heavy (non-hydrogen) atoms. The molecule has 11 heteroatoms. The fourth-order valence-electron chi connectivity index (χ4n) is 2.55. The summed E-state index contributed by atoms with van der Waals surface area (Å²) in [7, 11) is -4.36. The summed E-state index contributed by atoms with van der Waals surface area (Å²) in [5.41, 5.74) is 1.88. The van der Waals surface area contributed by atoms with Crippen molar-refractivity contribution in [3.8, 4) is 0 Å². The summed E-state index contributed by atoms with van der Waals surface area (Å²) in [4.78, 5) is 28.6. The molecule has 0 saturated heterocycles. The molecule has 1 aromatic carbocycles. The van der Waals surface area contributed by atoms with Gasteiger partial charge in [0.2, 0.25) is 5.91 Å². The Labute approximate surface area is 179 Å². The van der Waals surface area contributed by atoms with Gasteiger partial charge in [0.1, 0.15) is 11.4 Å². The molecule has 1 amide bonds. The third-order valence-electron chi connectivity index (χ3n) is 3.80. The van der Waals surface area contributed by atoms with Gasteiger partial charge in [0.05, 0.1) is 23.2 Å². The predicted molar refractivity (Wildman–Crippen MR) is 113 cm³/mol. The van der Waals surface area contributed by atoms with E-state index in [1.807, 2.05) is 17.0 Å². The van der Waals surface area contributed by atoms with Gasteiger partial charge in [-0.05, 0) is 37.5 Å². The van der Waals surface area contributed by atoms with Crippen molar-refractivity contribution < 1.29 is 27.3 Å². The number of thiazole rings is 1. The number of ether oxygens (including phenoxy) is 1. The molecule has 0 aliphatic heterocycles. The first-order chi connectivity index (χ1) is 14.1. The summed E-state index contributed by atoms with van der Waals surface area (Å²) in [6.45, 7) is 6.95. The van der Waals surface area contributed by atoms with Gasteiger partial charge in [0, 0.05) is 5.38 Å². The van der Waals surface area contributed by atoms with Crippen molar-refractivity contribution in [2.45, 2.75) is 39.2 Å². The van der Waals surface area contributed by atoms with Gasteiger partial charge in [0.15, 0.2) is 0 Å². The molecule has 1 atom stereocenters. The summed E-state index contributed by atoms with van der Waals surface area (Å²) in [5, 5.41) is 5.40. The van der Waals surface area contributed by atoms with Crippen molar-refractivity contribution in [1.29, 1.82) is 0 Å². The molecule has 2 rings (SSSR count). The number of amides is 1. The Morgan fingerprint density at radius 2 is 1.97 bits per heavy atom. The Kier molecular flexibility index (Phi) is 8.09. The average molecular weight is 454 g/mol. The Morgan fingerprint density at radius 1 is 1.30 bits per heavy atom. The minimum absolute atomic E-state index is 0.201. The smallest absolute Gasteiger partial charge is 0.357 e. The van der Waals surface area contributed by atoms with Crippen LogP contribution in [0.1, 0.15) is 42.6 Å². The number of carbonyl (C=O) groups excluding carboxylic acids is 2. The molecule has 162 valence electrons. The summed E-state index contributed by atoms with van der Waals surface area (Å²) in [5.74, 6) is -1.01. The van der Waals surface area contributed by atoms with E-state index in [1.54, 1.807) is 12.1 Å². The van der Waals surface area contributed by atoms with Crippen LogP contribution in [0.15, 0.2) is 42.0 Å². The zero-order valence-electron chi connectivity index (χ0n) is 16.5. The summed E-state index contributed by atoms with van der Waals surface area (Å²) < 4.78 is 37.4. The van der Waals surface area contributed by atoms with E-state index in [0.717, 1.165) is 17.7 Å². The maximum Gasteiger partial charge on any atom is 0.357 e. The summed E-state index contributed by atoms with van der Waals surface area (Å²) in [6, 6.07) is 5.82. The highest BCUT2D eigenvalue weighted by atomic mass is 32.2. The molecule has 0 radical (unpaired) electrons. The fourth-order valence-corrected chi connectivity index (χ4v) is 3.93. The van der Waals surface area contributed by atoms with Gasteiger partial charge >= 0.3 is 16.3 Å². The predicted octanol–water partition coefficient (Wildman–Crippen LogP) is 2.79. The average Bonchev–Trinajstić information content (AvgIpc) is 3.10. The Hall–Kier alpha value is -2.76. The van der Waals surface area contributed by atoms with Gasteiger partial charge in [-0.25, -0.2) is 4.98 Å². The second-order valence-electron chi connectivity index (χ2n) is 6.48. The van der Waals surface area contributed by atoms with Crippen LogP contribution in [0.2, 0.25) is 0 Å². The highest BCUT2D eigenvalue weighted by Gasteiger charge is 2.21. The van der Waals surface area contributed by atoms with Crippen LogP contribution in [0.25, 0.3) is 0 Å². The summed E-state index contributed by atoms with van der Waals surface area (Å²) in [6.07, 6.45) is 0.661. The Balaban J connectivity index is 2.14. The van der Waals surface area contributed by atoms with Crippen molar-refractivity contribution in [3.05, 3.63) is 58.2 Å². The summed E-state index contributed by atoms with van der Waals surface area (Å²) >= 11 is 1.40. The highest BCUT2D eigenvalue weighted by Crippen LogP contribution is 2.24. The van der Waals surface area contributed by atoms with Crippen LogP contribution in [0.3, 0.4) is 0 Å². The zero-order valence-corrected chi connectivity index (χ0v) is 18.2. The van der Waals surface area contributed by atoms with E-state index in [0.29, 0.717) is 11.4 Å². The normalized spacial score (nSPS) is 12.1. The van der Waals surface area contributed by atoms with E-state index in [1.165, 1.54) is 30.4 Å². The zero-order chi connectivity index (χ0) is 22.3. The third-order valence-corrected chi connectivity index (χ3v) is 5.30. The first kappa shape index (κ1) is 23.5. The number of nitrogens with zero attached hydrogens (tertiary/aromatic N) is 1. The number of benzene rings is 1. The fraction of sp³-hybridized carbons (Fsp3) is 0.316. The second-order valence-corrected chi connectivity index (χ2v) is 8.53. The molecular weight excluding hydrogens is 430 g/mol. The first-order valence-corrected chi connectivity index (χ1v) is 11.3. The number of hydrogen-bond acceptors (Lipinski definition) is 7. The number of nitrogens with one attached hydrogen (secondary N) is 2. The van der Waals surface area contributed by atoms with Crippen molar-refractivity contribution in [2.24, 2.45) is 0 Å². The molecule has 1 aromatic heterocycles. The molecule has 1 heterocycles. The van der Waals surface area contributed by atoms with Crippen LogP contribution >= 0.6 is 11.3 Å². The van der Waals surface area contributed by atoms with Gasteiger partial charge in [-0.1, -0.05) is 25.6 Å². The van der Waals surface area contributed by atoms with E-state index in [9.17, 15) is 18.0 Å². The van der Waals surface area contributed by atoms with Crippen LogP contribution in [0.5, 0.6) is 0 Å². The van der Waals surface area contributed by atoms with Crippen molar-refractivity contribution in [3.63, 3.8) is 0 Å². The monoisotopic (exact) mass is 453 g/mol. The maximum absolute atomic E-state index is 12.3. The number of allylic oxidation sites excluding steroid dienone is 1. The second kappa shape index (κ2) is 10.3. The van der Waals surface area contributed by atoms with Crippen LogP contribution in [0.4, 0.5) is 5.69 Å². The lowest BCUT2D eigenvalue weighted by molar-refractivity contribution is -0.142. The van der Waals surface area contributed by atoms with E-state index >= 15 is 0 Å². The molecule has 0 bridgehead atoms. The number of carbonyl (C=O) groups is 2. The molecule has 0 fully saturated rings.